The van der Waals surface area contributed by atoms with Gasteiger partial charge in [0.2, 0.25) is 0 Å². The maximum atomic E-state index is 12.5. The fourth-order valence-electron chi connectivity index (χ4n) is 3.80. The summed E-state index contributed by atoms with van der Waals surface area (Å²) >= 11 is 0. The molecule has 0 saturated heterocycles. The van der Waals surface area contributed by atoms with Crippen LogP contribution in [0.2, 0.25) is 0 Å². The van der Waals surface area contributed by atoms with Crippen molar-refractivity contribution in [2.24, 2.45) is 17.8 Å². The molecular weight excluding hydrogens is 249 g/mol. The Morgan fingerprint density at radius 1 is 0.895 bits per heavy atom. The summed E-state index contributed by atoms with van der Waals surface area (Å²) in [6.07, 6.45) is 0.543. The van der Waals surface area contributed by atoms with E-state index in [0.717, 1.165) is 36.2 Å². The second-order valence-corrected chi connectivity index (χ2v) is 6.16. The van der Waals surface area contributed by atoms with Gasteiger partial charge in [-0.15, -0.1) is 0 Å². The van der Waals surface area contributed by atoms with Crippen molar-refractivity contribution in [2.75, 3.05) is 0 Å². The number of hydrogen-bond donors (Lipinski definition) is 0. The quantitative estimate of drug-likeness (QED) is 0.653. The minimum absolute atomic E-state index is 0.460. The smallest absolute Gasteiger partial charge is 0.166 e. The van der Waals surface area contributed by atoms with Gasteiger partial charge in [0, 0.05) is 0 Å². The van der Waals surface area contributed by atoms with Gasteiger partial charge in [0.1, 0.15) is 0 Å². The van der Waals surface area contributed by atoms with E-state index in [4.69, 9.17) is 0 Å². The molecule has 2 aliphatic rings. The van der Waals surface area contributed by atoms with Gasteiger partial charge in [-0.1, -0.05) is 19.1 Å². The summed E-state index contributed by atoms with van der Waals surface area (Å²) in [4.78, 5) is 0. The number of benzene rings is 1. The number of alkyl halides is 3. The summed E-state index contributed by atoms with van der Waals surface area (Å²) in [7, 11) is 0. The predicted octanol–water partition coefficient (Wildman–Crippen LogP) is 5.25. The number of hydrogen-bond acceptors (Lipinski definition) is 0. The van der Waals surface area contributed by atoms with Crippen molar-refractivity contribution in [1.82, 2.24) is 0 Å². The van der Waals surface area contributed by atoms with Crippen molar-refractivity contribution in [3.05, 3.63) is 35.4 Å². The highest BCUT2D eigenvalue weighted by Gasteiger charge is 2.47. The largest absolute Gasteiger partial charge is 0.416 e. The fraction of sp³-hybridized carbons (Fsp3) is 0.625. The zero-order chi connectivity index (χ0) is 13.6. The molecule has 0 radical (unpaired) electrons. The molecule has 0 amide bonds. The SMILES string of the molecule is CC1C2CCC(c3ccc(C(F)(F)F)cc3)CCC12. The Morgan fingerprint density at radius 2 is 1.42 bits per heavy atom. The van der Waals surface area contributed by atoms with Crippen molar-refractivity contribution < 1.29 is 13.2 Å². The van der Waals surface area contributed by atoms with Crippen LogP contribution < -0.4 is 0 Å². The van der Waals surface area contributed by atoms with Crippen LogP contribution in [0.1, 0.15) is 49.7 Å². The summed E-state index contributed by atoms with van der Waals surface area (Å²) in [6, 6.07) is 5.80. The lowest BCUT2D eigenvalue weighted by Gasteiger charge is -2.17. The Balaban J connectivity index is 1.69. The molecule has 1 aromatic carbocycles. The third-order valence-electron chi connectivity index (χ3n) is 5.17. The third kappa shape index (κ3) is 2.52. The molecule has 0 N–H and O–H groups in total. The first-order valence-corrected chi connectivity index (χ1v) is 7.14. The highest BCUT2D eigenvalue weighted by molar-refractivity contribution is 5.27. The van der Waals surface area contributed by atoms with E-state index in [-0.39, 0.29) is 0 Å². The summed E-state index contributed by atoms with van der Waals surface area (Å²) in [5.74, 6) is 3.12. The van der Waals surface area contributed by atoms with Gasteiger partial charge in [0.25, 0.3) is 0 Å². The van der Waals surface area contributed by atoms with Crippen molar-refractivity contribution in [3.63, 3.8) is 0 Å². The lowest BCUT2D eigenvalue weighted by Crippen LogP contribution is -2.06. The second-order valence-electron chi connectivity index (χ2n) is 6.16. The van der Waals surface area contributed by atoms with Crippen LogP contribution in [-0.2, 0) is 6.18 Å². The summed E-state index contributed by atoms with van der Waals surface area (Å²) < 4.78 is 37.6. The molecular formula is C16H19F3. The minimum Gasteiger partial charge on any atom is -0.166 e. The van der Waals surface area contributed by atoms with Gasteiger partial charge in [0.05, 0.1) is 5.56 Å². The van der Waals surface area contributed by atoms with Gasteiger partial charge < -0.3 is 0 Å². The third-order valence-corrected chi connectivity index (χ3v) is 5.17. The monoisotopic (exact) mass is 268 g/mol. The second kappa shape index (κ2) is 4.53. The summed E-state index contributed by atoms with van der Waals surface area (Å²) in [6.45, 7) is 2.33. The van der Waals surface area contributed by atoms with Gasteiger partial charge in [-0.2, -0.15) is 13.2 Å². The Labute approximate surface area is 112 Å². The molecule has 0 nitrogen and oxygen atoms in total. The molecule has 2 atom stereocenters. The van der Waals surface area contributed by atoms with Gasteiger partial charge in [-0.25, -0.2) is 0 Å². The van der Waals surface area contributed by atoms with Crippen LogP contribution in [0.25, 0.3) is 0 Å². The van der Waals surface area contributed by atoms with Gasteiger partial charge in [0.15, 0.2) is 0 Å². The molecule has 0 spiro atoms. The van der Waals surface area contributed by atoms with E-state index in [0.29, 0.717) is 5.92 Å². The zero-order valence-electron chi connectivity index (χ0n) is 11.1. The Bertz CT molecular complexity index is 432. The van der Waals surface area contributed by atoms with Gasteiger partial charge in [-0.3, -0.25) is 0 Å². The van der Waals surface area contributed by atoms with E-state index in [9.17, 15) is 13.2 Å². The van der Waals surface area contributed by atoms with Gasteiger partial charge >= 0.3 is 6.18 Å². The maximum absolute atomic E-state index is 12.5. The first-order valence-electron chi connectivity index (χ1n) is 7.14. The molecule has 2 unspecified atom stereocenters. The molecule has 19 heavy (non-hydrogen) atoms. The first kappa shape index (κ1) is 13.0. The standard InChI is InChI=1S/C16H19F3/c1-10-14-8-4-12(5-9-15(10)14)11-2-6-13(7-3-11)16(17,18)19/h2-3,6-7,10,12,14-15H,4-5,8-9H2,1H3. The maximum Gasteiger partial charge on any atom is 0.416 e. The Morgan fingerprint density at radius 3 is 1.89 bits per heavy atom. The van der Waals surface area contributed by atoms with Crippen LogP contribution in [0.5, 0.6) is 0 Å². The highest BCUT2D eigenvalue weighted by atomic mass is 19.4. The van der Waals surface area contributed by atoms with Crippen molar-refractivity contribution in [3.8, 4) is 0 Å². The average molecular weight is 268 g/mol. The van der Waals surface area contributed by atoms with Crippen LogP contribution >= 0.6 is 0 Å². The topological polar surface area (TPSA) is 0 Å². The molecule has 0 bridgehead atoms. The van der Waals surface area contributed by atoms with Crippen LogP contribution in [0, 0.1) is 17.8 Å². The van der Waals surface area contributed by atoms with E-state index in [1.54, 1.807) is 12.1 Å². The number of rotatable bonds is 1. The molecule has 0 aliphatic heterocycles. The van der Waals surface area contributed by atoms with Crippen LogP contribution in [0.3, 0.4) is 0 Å². The normalized spacial score (nSPS) is 34.5. The van der Waals surface area contributed by atoms with E-state index >= 15 is 0 Å². The lowest BCUT2D eigenvalue weighted by atomic mass is 9.89. The average Bonchev–Trinajstić information content (AvgIpc) is 3.04. The molecule has 0 heterocycles. The molecule has 2 saturated carbocycles. The summed E-state index contributed by atoms with van der Waals surface area (Å²) in [5, 5.41) is 0. The molecule has 2 aliphatic carbocycles. The molecule has 0 aromatic heterocycles. The van der Waals surface area contributed by atoms with E-state index < -0.39 is 11.7 Å². The zero-order valence-corrected chi connectivity index (χ0v) is 11.1. The van der Waals surface area contributed by atoms with Crippen LogP contribution in [0.4, 0.5) is 13.2 Å². The Kier molecular flexibility index (Phi) is 3.11. The predicted molar refractivity (Wildman–Crippen MR) is 68.8 cm³/mol. The van der Waals surface area contributed by atoms with E-state index in [1.807, 2.05) is 0 Å². The number of fused-ring (bicyclic) bond motifs is 1. The highest BCUT2D eigenvalue weighted by Crippen LogP contribution is 2.55. The molecule has 3 rings (SSSR count). The van der Waals surface area contributed by atoms with Crippen LogP contribution in [0.15, 0.2) is 24.3 Å². The van der Waals surface area contributed by atoms with E-state index in [1.165, 1.54) is 25.0 Å². The molecule has 104 valence electrons. The lowest BCUT2D eigenvalue weighted by molar-refractivity contribution is -0.137. The molecule has 2 fully saturated rings. The van der Waals surface area contributed by atoms with Crippen molar-refractivity contribution in [1.29, 1.82) is 0 Å². The fourth-order valence-corrected chi connectivity index (χ4v) is 3.80. The van der Waals surface area contributed by atoms with E-state index in [2.05, 4.69) is 6.92 Å². The molecule has 1 aromatic rings. The number of halogens is 3. The Hall–Kier alpha value is -0.990. The molecule has 3 heteroatoms. The van der Waals surface area contributed by atoms with Crippen LogP contribution in [-0.4, -0.2) is 0 Å². The van der Waals surface area contributed by atoms with Crippen molar-refractivity contribution in [2.45, 2.75) is 44.7 Å². The van der Waals surface area contributed by atoms with Crippen molar-refractivity contribution >= 4 is 0 Å². The minimum atomic E-state index is -4.22. The summed E-state index contributed by atoms with van der Waals surface area (Å²) in [5.41, 5.74) is 0.545. The van der Waals surface area contributed by atoms with Gasteiger partial charge in [-0.05, 0) is 67.1 Å². The first-order chi connectivity index (χ1) is 8.97.